The van der Waals surface area contributed by atoms with Crippen molar-refractivity contribution in [2.24, 2.45) is 0 Å². The van der Waals surface area contributed by atoms with Crippen LogP contribution in [-0.4, -0.2) is 74.9 Å². The van der Waals surface area contributed by atoms with E-state index in [4.69, 9.17) is 18.5 Å². The van der Waals surface area contributed by atoms with Crippen molar-refractivity contribution >= 4 is 19.8 Å². The van der Waals surface area contributed by atoms with Crippen molar-refractivity contribution in [3.05, 3.63) is 0 Å². The van der Waals surface area contributed by atoms with E-state index in [-0.39, 0.29) is 25.6 Å². The fourth-order valence-electron chi connectivity index (χ4n) is 5.31. The van der Waals surface area contributed by atoms with Crippen molar-refractivity contribution in [1.82, 2.24) is 0 Å². The third-order valence-electron chi connectivity index (χ3n) is 8.39. The van der Waals surface area contributed by atoms with Gasteiger partial charge in [-0.2, -0.15) is 0 Å². The maximum atomic E-state index is 12.6. The molecule has 0 rings (SSSR count). The van der Waals surface area contributed by atoms with Gasteiger partial charge in [-0.1, -0.05) is 149 Å². The number of likely N-dealkylation sites (N-methyl/N-ethyl adjacent to an activating group) is 1. The molecule has 0 fully saturated rings. The Kier molecular flexibility index (Phi) is 30.4. The fourth-order valence-corrected chi connectivity index (χ4v) is 6.05. The standard InChI is InChI=1S/C37H74NO8P/c1-6-8-10-12-14-16-18-20-21-23-25-27-29-36(39)43-33-35(34-45-47(41,42)44-32-31-38(3,4)5)46-37(40)30-28-26-24-22-19-17-15-13-11-9-7-2/h35H,6-34H2,1-5H3/p+1/t35-/m1/s1. The van der Waals surface area contributed by atoms with Gasteiger partial charge in [0.1, 0.15) is 19.8 Å². The first-order valence-corrected chi connectivity index (χ1v) is 20.8. The van der Waals surface area contributed by atoms with Gasteiger partial charge in [0.25, 0.3) is 0 Å². The molecule has 2 atom stereocenters. The average Bonchev–Trinajstić information content (AvgIpc) is 3.01. The molecule has 0 bridgehead atoms. The maximum absolute atomic E-state index is 12.6. The zero-order valence-electron chi connectivity index (χ0n) is 31.3. The molecule has 1 unspecified atom stereocenters. The number of carbonyl (C=O) groups is 2. The summed E-state index contributed by atoms with van der Waals surface area (Å²) in [6.07, 6.45) is 27.1. The predicted octanol–water partition coefficient (Wildman–Crippen LogP) is 10.1. The van der Waals surface area contributed by atoms with Crippen LogP contribution in [0.2, 0.25) is 0 Å². The Labute approximate surface area is 289 Å². The Morgan fingerprint density at radius 3 is 1.36 bits per heavy atom. The van der Waals surface area contributed by atoms with E-state index in [1.807, 2.05) is 21.1 Å². The first-order valence-electron chi connectivity index (χ1n) is 19.3. The largest absolute Gasteiger partial charge is 0.472 e. The van der Waals surface area contributed by atoms with Gasteiger partial charge in [-0.3, -0.25) is 18.6 Å². The Bertz CT molecular complexity index is 789. The van der Waals surface area contributed by atoms with Crippen LogP contribution >= 0.6 is 7.82 Å². The molecule has 0 aromatic carbocycles. The van der Waals surface area contributed by atoms with Crippen LogP contribution in [0.5, 0.6) is 0 Å². The van der Waals surface area contributed by atoms with E-state index in [1.54, 1.807) is 0 Å². The highest BCUT2D eigenvalue weighted by Gasteiger charge is 2.27. The number of carbonyl (C=O) groups excluding carboxylic acids is 2. The minimum absolute atomic E-state index is 0.0363. The van der Waals surface area contributed by atoms with E-state index in [1.165, 1.54) is 109 Å². The lowest BCUT2D eigenvalue weighted by molar-refractivity contribution is -0.870. The molecule has 0 heterocycles. The van der Waals surface area contributed by atoms with E-state index in [9.17, 15) is 19.0 Å². The molecule has 0 aliphatic rings. The van der Waals surface area contributed by atoms with Gasteiger partial charge in [-0.25, -0.2) is 4.57 Å². The van der Waals surface area contributed by atoms with Gasteiger partial charge in [-0.05, 0) is 12.8 Å². The SMILES string of the molecule is CCCCCCCCCCCCCCC(=O)OC[C@H](COP(=O)(O)OCC[N+](C)(C)C)OC(=O)CCCCCCCCCCCCC. The van der Waals surface area contributed by atoms with E-state index >= 15 is 0 Å². The molecule has 0 amide bonds. The lowest BCUT2D eigenvalue weighted by Crippen LogP contribution is -2.37. The maximum Gasteiger partial charge on any atom is 0.472 e. The van der Waals surface area contributed by atoms with E-state index in [0.717, 1.165) is 32.1 Å². The van der Waals surface area contributed by atoms with Crippen LogP contribution in [-0.2, 0) is 32.7 Å². The lowest BCUT2D eigenvalue weighted by Gasteiger charge is -2.24. The van der Waals surface area contributed by atoms with Gasteiger partial charge in [0.2, 0.25) is 0 Å². The second-order valence-corrected chi connectivity index (χ2v) is 15.8. The first kappa shape index (κ1) is 46.0. The van der Waals surface area contributed by atoms with Gasteiger partial charge < -0.3 is 18.9 Å². The van der Waals surface area contributed by atoms with E-state index in [0.29, 0.717) is 23.9 Å². The Hall–Kier alpha value is -0.990. The fraction of sp³-hybridized carbons (Fsp3) is 0.946. The average molecular weight is 693 g/mol. The summed E-state index contributed by atoms with van der Waals surface area (Å²) in [5, 5.41) is 0. The van der Waals surface area contributed by atoms with Gasteiger partial charge in [0.05, 0.1) is 27.7 Å². The minimum atomic E-state index is -4.36. The second kappa shape index (κ2) is 31.0. The van der Waals surface area contributed by atoms with Crippen molar-refractivity contribution in [1.29, 1.82) is 0 Å². The highest BCUT2D eigenvalue weighted by Crippen LogP contribution is 2.43. The molecule has 0 aliphatic carbocycles. The number of quaternary nitrogens is 1. The molecule has 0 radical (unpaired) electrons. The third kappa shape index (κ3) is 34.7. The lowest BCUT2D eigenvalue weighted by atomic mass is 10.0. The third-order valence-corrected chi connectivity index (χ3v) is 9.37. The van der Waals surface area contributed by atoms with Crippen LogP contribution < -0.4 is 0 Å². The van der Waals surface area contributed by atoms with Crippen LogP contribution in [0.4, 0.5) is 0 Å². The summed E-state index contributed by atoms with van der Waals surface area (Å²) < 4.78 is 34.1. The topological polar surface area (TPSA) is 108 Å². The summed E-state index contributed by atoms with van der Waals surface area (Å²) in [4.78, 5) is 35.1. The molecule has 0 saturated heterocycles. The number of unbranched alkanes of at least 4 members (excludes halogenated alkanes) is 21. The predicted molar refractivity (Wildman–Crippen MR) is 192 cm³/mol. The monoisotopic (exact) mass is 693 g/mol. The molecular formula is C37H75NO8P+. The first-order chi connectivity index (χ1) is 22.5. The molecule has 10 heteroatoms. The number of phosphoric acid groups is 1. The van der Waals surface area contributed by atoms with Gasteiger partial charge >= 0.3 is 19.8 Å². The van der Waals surface area contributed by atoms with Crippen molar-refractivity contribution in [3.63, 3.8) is 0 Å². The van der Waals surface area contributed by atoms with Gasteiger partial charge in [-0.15, -0.1) is 0 Å². The van der Waals surface area contributed by atoms with Crippen LogP contribution in [0, 0.1) is 0 Å². The summed E-state index contributed by atoms with van der Waals surface area (Å²) in [5.74, 6) is -0.792. The molecule has 280 valence electrons. The van der Waals surface area contributed by atoms with Crippen molar-refractivity contribution in [3.8, 4) is 0 Å². The molecule has 47 heavy (non-hydrogen) atoms. The van der Waals surface area contributed by atoms with Gasteiger partial charge in [0, 0.05) is 12.8 Å². The molecule has 0 aliphatic heterocycles. The number of esters is 2. The summed E-state index contributed by atoms with van der Waals surface area (Å²) in [7, 11) is 1.49. The number of rotatable bonds is 35. The molecule has 9 nitrogen and oxygen atoms in total. The minimum Gasteiger partial charge on any atom is -0.462 e. The van der Waals surface area contributed by atoms with E-state index < -0.39 is 26.5 Å². The van der Waals surface area contributed by atoms with Crippen LogP contribution in [0.15, 0.2) is 0 Å². The summed E-state index contributed by atoms with van der Waals surface area (Å²) in [6.45, 7) is 4.41. The highest BCUT2D eigenvalue weighted by atomic mass is 31.2. The number of nitrogens with zero attached hydrogens (tertiary/aromatic N) is 1. The van der Waals surface area contributed by atoms with Crippen molar-refractivity contribution < 1.29 is 42.1 Å². The van der Waals surface area contributed by atoms with Crippen LogP contribution in [0.3, 0.4) is 0 Å². The number of ether oxygens (including phenoxy) is 2. The zero-order valence-corrected chi connectivity index (χ0v) is 32.2. The van der Waals surface area contributed by atoms with E-state index in [2.05, 4.69) is 13.8 Å². The Balaban J connectivity index is 4.41. The molecule has 1 N–H and O–H groups in total. The number of phosphoric ester groups is 1. The smallest absolute Gasteiger partial charge is 0.462 e. The molecule has 0 aromatic rings. The summed E-state index contributed by atoms with van der Waals surface area (Å²) in [6, 6.07) is 0. The van der Waals surface area contributed by atoms with Crippen molar-refractivity contribution in [2.75, 3.05) is 47.5 Å². The van der Waals surface area contributed by atoms with Crippen LogP contribution in [0.1, 0.15) is 174 Å². The summed E-state index contributed by atoms with van der Waals surface area (Å²) in [5.41, 5.74) is 0. The zero-order chi connectivity index (χ0) is 35.1. The Morgan fingerprint density at radius 2 is 0.957 bits per heavy atom. The quantitative estimate of drug-likeness (QED) is 0.0303. The normalized spacial score (nSPS) is 13.7. The number of hydrogen-bond donors (Lipinski definition) is 1. The highest BCUT2D eigenvalue weighted by molar-refractivity contribution is 7.47. The van der Waals surface area contributed by atoms with Crippen molar-refractivity contribution in [2.45, 2.75) is 180 Å². The molecule has 0 spiro atoms. The Morgan fingerprint density at radius 1 is 0.574 bits per heavy atom. The molecule has 0 saturated carbocycles. The second-order valence-electron chi connectivity index (χ2n) is 14.3. The summed E-state index contributed by atoms with van der Waals surface area (Å²) >= 11 is 0. The molecular weight excluding hydrogens is 617 g/mol. The van der Waals surface area contributed by atoms with Crippen LogP contribution in [0.25, 0.3) is 0 Å². The molecule has 0 aromatic heterocycles. The van der Waals surface area contributed by atoms with Gasteiger partial charge in [0.15, 0.2) is 6.10 Å². The number of hydrogen-bond acceptors (Lipinski definition) is 7.